The number of nitrogens with one attached hydrogen (secondary N) is 1. The molecule has 0 bridgehead atoms. The van der Waals surface area contributed by atoms with Crippen LogP contribution in [0.4, 0.5) is 0 Å². The van der Waals surface area contributed by atoms with E-state index in [1.54, 1.807) is 29.7 Å². The zero-order valence-corrected chi connectivity index (χ0v) is 12.1. The fourth-order valence-electron chi connectivity index (χ4n) is 1.36. The van der Waals surface area contributed by atoms with Crippen LogP contribution in [0.3, 0.4) is 0 Å². The van der Waals surface area contributed by atoms with Crippen LogP contribution in [0.5, 0.6) is 0 Å². The Hall–Kier alpha value is -1.46. The highest BCUT2D eigenvalue weighted by atomic mass is 79.9. The maximum absolute atomic E-state index is 11.8. The number of thiophene rings is 1. The average Bonchev–Trinajstić information content (AvgIpc) is 2.75. The molecule has 18 heavy (non-hydrogen) atoms. The van der Waals surface area contributed by atoms with Gasteiger partial charge in [-0.05, 0) is 42.1 Å². The lowest BCUT2D eigenvalue weighted by atomic mass is 10.2. The van der Waals surface area contributed by atoms with Crippen LogP contribution in [0.2, 0.25) is 0 Å². The van der Waals surface area contributed by atoms with Crippen molar-refractivity contribution in [1.82, 2.24) is 5.43 Å². The third-order valence-corrected chi connectivity index (χ3v) is 3.78. The number of carbonyl (C=O) groups is 1. The zero-order valence-electron chi connectivity index (χ0n) is 9.68. The number of hydrazone groups is 1. The van der Waals surface area contributed by atoms with Crippen molar-refractivity contribution in [3.05, 3.63) is 56.2 Å². The molecule has 92 valence electrons. The second-order valence-electron chi connectivity index (χ2n) is 3.68. The summed E-state index contributed by atoms with van der Waals surface area (Å²) in [4.78, 5) is 12.8. The van der Waals surface area contributed by atoms with Crippen LogP contribution in [-0.4, -0.2) is 12.1 Å². The van der Waals surface area contributed by atoms with Gasteiger partial charge in [-0.25, -0.2) is 5.43 Å². The summed E-state index contributed by atoms with van der Waals surface area (Å²) in [5.74, 6) is -0.221. The Kier molecular flexibility index (Phi) is 4.28. The highest BCUT2D eigenvalue weighted by Crippen LogP contribution is 2.13. The van der Waals surface area contributed by atoms with Crippen LogP contribution in [-0.2, 0) is 0 Å². The molecule has 0 aliphatic rings. The Labute approximate surface area is 118 Å². The average molecular weight is 323 g/mol. The summed E-state index contributed by atoms with van der Waals surface area (Å²) in [6.07, 6.45) is 1.66. The molecule has 0 spiro atoms. The van der Waals surface area contributed by atoms with Crippen LogP contribution >= 0.6 is 27.3 Å². The van der Waals surface area contributed by atoms with Gasteiger partial charge in [0.25, 0.3) is 5.91 Å². The van der Waals surface area contributed by atoms with Crippen LogP contribution < -0.4 is 5.43 Å². The first-order valence-corrected chi connectivity index (χ1v) is 6.97. The van der Waals surface area contributed by atoms with Gasteiger partial charge >= 0.3 is 0 Å². The van der Waals surface area contributed by atoms with E-state index < -0.39 is 0 Å². The van der Waals surface area contributed by atoms with E-state index in [9.17, 15) is 4.79 Å². The molecule has 2 rings (SSSR count). The first-order chi connectivity index (χ1) is 8.66. The summed E-state index contributed by atoms with van der Waals surface area (Å²) in [7, 11) is 0. The molecule has 1 N–H and O–H groups in total. The van der Waals surface area contributed by atoms with Gasteiger partial charge in [0, 0.05) is 14.9 Å². The largest absolute Gasteiger partial charge is 0.271 e. The Bertz CT molecular complexity index is 592. The van der Waals surface area contributed by atoms with Crippen LogP contribution in [0.1, 0.15) is 20.8 Å². The molecule has 0 aliphatic carbocycles. The number of amides is 1. The Balaban J connectivity index is 2.01. The van der Waals surface area contributed by atoms with E-state index in [1.165, 1.54) is 0 Å². The molecule has 5 heteroatoms. The monoisotopic (exact) mass is 322 g/mol. The van der Waals surface area contributed by atoms with Crippen LogP contribution in [0, 0.1) is 6.92 Å². The van der Waals surface area contributed by atoms with E-state index in [0.717, 1.165) is 14.9 Å². The topological polar surface area (TPSA) is 41.5 Å². The van der Waals surface area contributed by atoms with E-state index in [-0.39, 0.29) is 5.91 Å². The maximum atomic E-state index is 11.8. The SMILES string of the molecule is Cc1ccsc1/C=N\NC(=O)c1cccc(Br)c1. The van der Waals surface area contributed by atoms with Gasteiger partial charge in [-0.3, -0.25) is 4.79 Å². The second kappa shape index (κ2) is 5.93. The van der Waals surface area contributed by atoms with Crippen molar-refractivity contribution in [3.63, 3.8) is 0 Å². The minimum Gasteiger partial charge on any atom is -0.267 e. The molecule has 0 atom stereocenters. The molecule has 0 unspecified atom stereocenters. The van der Waals surface area contributed by atoms with Crippen LogP contribution in [0.15, 0.2) is 45.3 Å². The first-order valence-electron chi connectivity index (χ1n) is 5.30. The maximum Gasteiger partial charge on any atom is 0.271 e. The Morgan fingerprint density at radius 3 is 2.94 bits per heavy atom. The van der Waals surface area contributed by atoms with Crippen molar-refractivity contribution in [2.24, 2.45) is 5.10 Å². The number of carbonyl (C=O) groups excluding carboxylic acids is 1. The fraction of sp³-hybridized carbons (Fsp3) is 0.0769. The number of halogens is 1. The molecule has 0 radical (unpaired) electrons. The van der Waals surface area contributed by atoms with Gasteiger partial charge in [0.2, 0.25) is 0 Å². The lowest BCUT2D eigenvalue weighted by Crippen LogP contribution is -2.17. The van der Waals surface area contributed by atoms with Gasteiger partial charge in [-0.1, -0.05) is 22.0 Å². The number of rotatable bonds is 3. The number of hydrogen-bond acceptors (Lipinski definition) is 3. The standard InChI is InChI=1S/C13H11BrN2OS/c1-9-5-6-18-12(9)8-15-16-13(17)10-3-2-4-11(14)7-10/h2-8H,1H3,(H,16,17)/b15-8-. The van der Waals surface area contributed by atoms with Crippen molar-refractivity contribution in [2.45, 2.75) is 6.92 Å². The summed E-state index contributed by atoms with van der Waals surface area (Å²) in [6.45, 7) is 2.01. The normalized spacial score (nSPS) is 10.8. The number of aryl methyl sites for hydroxylation is 1. The van der Waals surface area contributed by atoms with Gasteiger partial charge in [0.15, 0.2) is 0 Å². The molecule has 2 aromatic rings. The Morgan fingerprint density at radius 2 is 2.28 bits per heavy atom. The number of hydrogen-bond donors (Lipinski definition) is 1. The van der Waals surface area contributed by atoms with E-state index >= 15 is 0 Å². The van der Waals surface area contributed by atoms with Crippen molar-refractivity contribution in [3.8, 4) is 0 Å². The van der Waals surface area contributed by atoms with Gasteiger partial charge in [0.1, 0.15) is 0 Å². The lowest BCUT2D eigenvalue weighted by molar-refractivity contribution is 0.0955. The predicted molar refractivity (Wildman–Crippen MR) is 78.3 cm³/mol. The molecule has 3 nitrogen and oxygen atoms in total. The van der Waals surface area contributed by atoms with Crippen molar-refractivity contribution >= 4 is 39.4 Å². The second-order valence-corrected chi connectivity index (χ2v) is 5.54. The lowest BCUT2D eigenvalue weighted by Gasteiger charge is -1.99. The molecule has 0 saturated heterocycles. The molecule has 1 aromatic heterocycles. The van der Waals surface area contributed by atoms with Gasteiger partial charge in [-0.15, -0.1) is 11.3 Å². The van der Waals surface area contributed by atoms with E-state index in [0.29, 0.717) is 5.56 Å². The first kappa shape index (κ1) is 13.0. The molecule has 1 amide bonds. The molecule has 0 fully saturated rings. The zero-order chi connectivity index (χ0) is 13.0. The van der Waals surface area contributed by atoms with Crippen molar-refractivity contribution < 1.29 is 4.79 Å². The molecule has 0 aliphatic heterocycles. The van der Waals surface area contributed by atoms with E-state index in [4.69, 9.17) is 0 Å². The predicted octanol–water partition coefficient (Wildman–Crippen LogP) is 3.58. The molecule has 0 saturated carbocycles. The molecular formula is C13H11BrN2OS. The summed E-state index contributed by atoms with van der Waals surface area (Å²) in [5, 5.41) is 5.94. The summed E-state index contributed by atoms with van der Waals surface area (Å²) in [5.41, 5.74) is 4.23. The minimum atomic E-state index is -0.221. The van der Waals surface area contributed by atoms with E-state index in [1.807, 2.05) is 30.5 Å². The number of nitrogens with zero attached hydrogens (tertiary/aromatic N) is 1. The number of benzene rings is 1. The van der Waals surface area contributed by atoms with Crippen molar-refractivity contribution in [1.29, 1.82) is 0 Å². The van der Waals surface area contributed by atoms with Gasteiger partial charge < -0.3 is 0 Å². The van der Waals surface area contributed by atoms with Crippen LogP contribution in [0.25, 0.3) is 0 Å². The van der Waals surface area contributed by atoms with Gasteiger partial charge in [-0.2, -0.15) is 5.10 Å². The molecular weight excluding hydrogens is 312 g/mol. The summed E-state index contributed by atoms with van der Waals surface area (Å²) in [6, 6.07) is 9.19. The third kappa shape index (κ3) is 3.27. The quantitative estimate of drug-likeness (QED) is 0.681. The summed E-state index contributed by atoms with van der Waals surface area (Å²) >= 11 is 4.91. The fourth-order valence-corrected chi connectivity index (χ4v) is 2.55. The Morgan fingerprint density at radius 1 is 1.44 bits per heavy atom. The highest BCUT2D eigenvalue weighted by molar-refractivity contribution is 9.10. The minimum absolute atomic E-state index is 0.221. The molecule has 1 aromatic carbocycles. The van der Waals surface area contributed by atoms with Gasteiger partial charge in [0.05, 0.1) is 6.21 Å². The summed E-state index contributed by atoms with van der Waals surface area (Å²) < 4.78 is 0.869. The van der Waals surface area contributed by atoms with E-state index in [2.05, 4.69) is 26.5 Å². The van der Waals surface area contributed by atoms with Crippen molar-refractivity contribution in [2.75, 3.05) is 0 Å². The third-order valence-electron chi connectivity index (χ3n) is 2.34. The smallest absolute Gasteiger partial charge is 0.267 e. The molecule has 1 heterocycles. The highest BCUT2D eigenvalue weighted by Gasteiger charge is 2.03.